The van der Waals surface area contributed by atoms with Crippen LogP contribution in [-0.4, -0.2) is 45.7 Å². The largest absolute Gasteiger partial charge is 0.508 e. The zero-order valence-electron chi connectivity index (χ0n) is 17.9. The molecule has 0 aliphatic carbocycles. The van der Waals surface area contributed by atoms with E-state index in [1.807, 2.05) is 55.5 Å². The molecular formula is C24H29N3O3S. The summed E-state index contributed by atoms with van der Waals surface area (Å²) in [4.78, 5) is 0. The van der Waals surface area contributed by atoms with Gasteiger partial charge in [-0.2, -0.15) is 0 Å². The maximum Gasteiger partial charge on any atom is 0.140 e. The number of benzene rings is 2. The number of phenolic OH excluding ortho intramolecular Hbond substituents is 1. The Balaban J connectivity index is 1.42. The summed E-state index contributed by atoms with van der Waals surface area (Å²) in [6.07, 6.45) is 5.11. The summed E-state index contributed by atoms with van der Waals surface area (Å²) < 4.78 is 5.87. The summed E-state index contributed by atoms with van der Waals surface area (Å²) in [6, 6.07) is 15.3. The van der Waals surface area contributed by atoms with Crippen molar-refractivity contribution in [2.24, 2.45) is 0 Å². The van der Waals surface area contributed by atoms with E-state index in [0.29, 0.717) is 6.54 Å². The maximum absolute atomic E-state index is 10.3. The van der Waals surface area contributed by atoms with Gasteiger partial charge < -0.3 is 20.3 Å². The minimum absolute atomic E-state index is 0.209. The second kappa shape index (κ2) is 11.6. The highest BCUT2D eigenvalue weighted by molar-refractivity contribution is 7.12. The molecule has 0 fully saturated rings. The third kappa shape index (κ3) is 7.79. The molecule has 0 saturated heterocycles. The topological polar surface area (TPSA) is 87.5 Å². The van der Waals surface area contributed by atoms with Gasteiger partial charge in [0.2, 0.25) is 0 Å². The van der Waals surface area contributed by atoms with Crippen LogP contribution in [0.5, 0.6) is 11.5 Å². The van der Waals surface area contributed by atoms with Crippen molar-refractivity contribution in [1.29, 1.82) is 0 Å². The van der Waals surface area contributed by atoms with Gasteiger partial charge in [-0.15, -0.1) is 10.2 Å². The molecule has 3 N–H and O–H groups in total. The van der Waals surface area contributed by atoms with Crippen LogP contribution in [0.1, 0.15) is 34.5 Å². The minimum Gasteiger partial charge on any atom is -0.508 e. The van der Waals surface area contributed by atoms with Crippen molar-refractivity contribution in [3.8, 4) is 11.5 Å². The number of ether oxygens (including phenoxy) is 1. The van der Waals surface area contributed by atoms with Gasteiger partial charge in [0, 0.05) is 18.2 Å². The van der Waals surface area contributed by atoms with Crippen molar-refractivity contribution in [3.63, 3.8) is 0 Å². The van der Waals surface area contributed by atoms with E-state index in [-0.39, 0.29) is 18.4 Å². The lowest BCUT2D eigenvalue weighted by Crippen LogP contribution is -2.36. The van der Waals surface area contributed by atoms with Gasteiger partial charge in [0.15, 0.2) is 0 Å². The molecule has 1 aromatic heterocycles. The number of aliphatic hydroxyl groups excluding tert-OH is 1. The van der Waals surface area contributed by atoms with E-state index >= 15 is 0 Å². The number of aromatic hydroxyl groups is 1. The summed E-state index contributed by atoms with van der Waals surface area (Å²) in [5, 5.41) is 32.9. The van der Waals surface area contributed by atoms with Gasteiger partial charge >= 0.3 is 0 Å². The van der Waals surface area contributed by atoms with Gasteiger partial charge in [-0.25, -0.2) is 0 Å². The quantitative estimate of drug-likeness (QED) is 0.417. The summed E-state index contributed by atoms with van der Waals surface area (Å²) in [5.74, 6) is 1.00. The standard InChI is InChI=1S/C24H29N3O3S/c1-17(7-8-19-9-12-21(28)13-10-19)25-15-22(29)16-30-23-6-4-3-5-20(23)11-14-24-27-26-18(2)31-24/h3-6,9-14,17,22,25,28-29H,7-8,15-16H2,1-2H3/b14-11-. The summed E-state index contributed by atoms with van der Waals surface area (Å²) >= 11 is 1.53. The average molecular weight is 440 g/mol. The molecule has 2 unspecified atom stereocenters. The fraction of sp³-hybridized carbons (Fsp3) is 0.333. The fourth-order valence-electron chi connectivity index (χ4n) is 3.02. The first-order valence-electron chi connectivity index (χ1n) is 10.4. The van der Waals surface area contributed by atoms with Gasteiger partial charge in [0.05, 0.1) is 0 Å². The zero-order chi connectivity index (χ0) is 22.1. The van der Waals surface area contributed by atoms with E-state index in [9.17, 15) is 10.2 Å². The lowest BCUT2D eigenvalue weighted by molar-refractivity contribution is 0.104. The Bertz CT molecular complexity index is 972. The SMILES string of the molecule is Cc1nnc(/C=C\c2ccccc2OCC(O)CNC(C)CCc2ccc(O)cc2)s1. The van der Waals surface area contributed by atoms with Crippen LogP contribution in [-0.2, 0) is 6.42 Å². The Morgan fingerprint density at radius 1 is 1.10 bits per heavy atom. The average Bonchev–Trinajstić information content (AvgIpc) is 3.20. The van der Waals surface area contributed by atoms with Crippen molar-refractivity contribution < 1.29 is 14.9 Å². The van der Waals surface area contributed by atoms with Gasteiger partial charge in [0.1, 0.15) is 34.2 Å². The molecular weight excluding hydrogens is 410 g/mol. The van der Waals surface area contributed by atoms with E-state index < -0.39 is 6.10 Å². The van der Waals surface area contributed by atoms with E-state index in [1.165, 1.54) is 16.9 Å². The first kappa shape index (κ1) is 22.9. The molecule has 0 saturated carbocycles. The predicted octanol–water partition coefficient (Wildman–Crippen LogP) is 4.07. The Morgan fingerprint density at radius 3 is 2.61 bits per heavy atom. The van der Waals surface area contributed by atoms with Crippen LogP contribution in [0, 0.1) is 6.92 Å². The van der Waals surface area contributed by atoms with Crippen molar-refractivity contribution in [1.82, 2.24) is 15.5 Å². The predicted molar refractivity (Wildman–Crippen MR) is 125 cm³/mol. The fourth-order valence-corrected chi connectivity index (χ4v) is 3.62. The zero-order valence-corrected chi connectivity index (χ0v) is 18.7. The van der Waals surface area contributed by atoms with Crippen molar-refractivity contribution in [2.45, 2.75) is 38.8 Å². The number of aromatic nitrogens is 2. The van der Waals surface area contributed by atoms with Gasteiger partial charge in [-0.3, -0.25) is 0 Å². The Kier molecular flexibility index (Phi) is 8.58. The molecule has 2 atom stereocenters. The minimum atomic E-state index is -0.612. The molecule has 0 aliphatic heterocycles. The monoisotopic (exact) mass is 439 g/mol. The number of nitrogens with one attached hydrogen (secondary N) is 1. The molecule has 164 valence electrons. The molecule has 6 nitrogen and oxygen atoms in total. The van der Waals surface area contributed by atoms with E-state index in [4.69, 9.17) is 4.74 Å². The lowest BCUT2D eigenvalue weighted by Gasteiger charge is -2.18. The Morgan fingerprint density at radius 2 is 1.87 bits per heavy atom. The molecule has 1 heterocycles. The highest BCUT2D eigenvalue weighted by Gasteiger charge is 2.10. The molecule has 0 amide bonds. The first-order valence-corrected chi connectivity index (χ1v) is 11.2. The second-order valence-corrected chi connectivity index (χ2v) is 8.72. The van der Waals surface area contributed by atoms with Crippen molar-refractivity contribution in [3.05, 3.63) is 69.7 Å². The smallest absolute Gasteiger partial charge is 0.140 e. The van der Waals surface area contributed by atoms with Crippen LogP contribution in [0.2, 0.25) is 0 Å². The van der Waals surface area contributed by atoms with Crippen molar-refractivity contribution in [2.75, 3.05) is 13.2 Å². The van der Waals surface area contributed by atoms with Crippen LogP contribution in [0.3, 0.4) is 0 Å². The second-order valence-electron chi connectivity index (χ2n) is 7.51. The van der Waals surface area contributed by atoms with Crippen molar-refractivity contribution >= 4 is 23.5 Å². The number of rotatable bonds is 11. The lowest BCUT2D eigenvalue weighted by atomic mass is 10.1. The van der Waals surface area contributed by atoms with Crippen LogP contribution in [0.25, 0.3) is 12.2 Å². The summed E-state index contributed by atoms with van der Waals surface area (Å²) in [7, 11) is 0. The number of phenols is 1. The number of nitrogens with zero attached hydrogens (tertiary/aromatic N) is 2. The third-order valence-corrected chi connectivity index (χ3v) is 5.61. The highest BCUT2D eigenvalue weighted by atomic mass is 32.1. The Labute approximate surface area is 187 Å². The van der Waals surface area contributed by atoms with Crippen LogP contribution in [0.15, 0.2) is 48.5 Å². The molecule has 2 aromatic carbocycles. The normalized spacial score (nSPS) is 13.4. The van der Waals surface area contributed by atoms with E-state index in [1.54, 1.807) is 12.1 Å². The Hall–Kier alpha value is -2.74. The molecule has 0 spiro atoms. The van der Waals surface area contributed by atoms with Crippen LogP contribution < -0.4 is 10.1 Å². The van der Waals surface area contributed by atoms with Gasteiger partial charge in [-0.05, 0) is 62.6 Å². The highest BCUT2D eigenvalue weighted by Crippen LogP contribution is 2.21. The number of para-hydroxylation sites is 1. The molecule has 3 aromatic rings. The van der Waals surface area contributed by atoms with E-state index in [2.05, 4.69) is 22.4 Å². The van der Waals surface area contributed by atoms with E-state index in [0.717, 1.165) is 34.2 Å². The first-order chi connectivity index (χ1) is 15.0. The molecule has 31 heavy (non-hydrogen) atoms. The third-order valence-electron chi connectivity index (χ3n) is 4.80. The molecule has 0 radical (unpaired) electrons. The molecule has 3 rings (SSSR count). The summed E-state index contributed by atoms with van der Waals surface area (Å²) in [5.41, 5.74) is 2.11. The van der Waals surface area contributed by atoms with Gasteiger partial charge in [0.25, 0.3) is 0 Å². The van der Waals surface area contributed by atoms with Crippen LogP contribution >= 0.6 is 11.3 Å². The maximum atomic E-state index is 10.3. The summed E-state index contributed by atoms with van der Waals surface area (Å²) in [6.45, 7) is 4.69. The number of aryl methyl sites for hydroxylation is 2. The van der Waals surface area contributed by atoms with Gasteiger partial charge in [-0.1, -0.05) is 41.7 Å². The molecule has 0 bridgehead atoms. The van der Waals surface area contributed by atoms with Crippen LogP contribution in [0.4, 0.5) is 0 Å². The number of aliphatic hydroxyl groups is 1. The number of hydrogen-bond donors (Lipinski definition) is 3. The molecule has 7 heteroatoms. The molecule has 0 aliphatic rings. The number of hydrogen-bond acceptors (Lipinski definition) is 7.